The van der Waals surface area contributed by atoms with E-state index in [1.54, 1.807) is 7.11 Å². The predicted molar refractivity (Wildman–Crippen MR) is 78.9 cm³/mol. The number of anilines is 1. The topological polar surface area (TPSA) is 58.6 Å². The van der Waals surface area contributed by atoms with Gasteiger partial charge in [-0.3, -0.25) is 4.79 Å². The Morgan fingerprint density at radius 2 is 2.16 bits per heavy atom. The van der Waals surface area contributed by atoms with Crippen molar-refractivity contribution >= 4 is 27.5 Å². The number of carbonyl (C=O) groups excluding carboxylic acids is 1. The second kappa shape index (κ2) is 7.62. The van der Waals surface area contributed by atoms with Gasteiger partial charge in [-0.25, -0.2) is 0 Å². The number of methoxy groups -OCH3 is 1. The summed E-state index contributed by atoms with van der Waals surface area (Å²) in [6.45, 7) is 4.17. The molecule has 2 N–H and O–H groups in total. The zero-order valence-electron chi connectivity index (χ0n) is 11.4. The number of ether oxygens (including phenoxy) is 1. The van der Waals surface area contributed by atoms with E-state index in [2.05, 4.69) is 21.2 Å². The Hall–Kier alpha value is -0.910. The summed E-state index contributed by atoms with van der Waals surface area (Å²) in [6.07, 6.45) is -0.533. The molecule has 1 aromatic carbocycles. The number of aliphatic hydroxyl groups excluding tert-OH is 1. The van der Waals surface area contributed by atoms with Crippen LogP contribution in [0.4, 0.5) is 5.69 Å². The van der Waals surface area contributed by atoms with E-state index in [4.69, 9.17) is 4.74 Å². The molecule has 1 atom stereocenters. The average molecular weight is 330 g/mol. The minimum Gasteiger partial charge on any atom is -0.392 e. The maximum absolute atomic E-state index is 11.9. The fourth-order valence-electron chi connectivity index (χ4n) is 1.59. The minimum absolute atomic E-state index is 0.0618. The number of aliphatic hydroxyl groups is 1. The quantitative estimate of drug-likeness (QED) is 0.843. The summed E-state index contributed by atoms with van der Waals surface area (Å²) in [7, 11) is 1.60. The van der Waals surface area contributed by atoms with Crippen LogP contribution in [0.5, 0.6) is 0 Å². The van der Waals surface area contributed by atoms with Crippen LogP contribution in [0.15, 0.2) is 22.7 Å². The summed E-state index contributed by atoms with van der Waals surface area (Å²) in [5, 5.41) is 12.5. The van der Waals surface area contributed by atoms with Crippen LogP contribution in [0.2, 0.25) is 0 Å². The molecule has 106 valence electrons. The van der Waals surface area contributed by atoms with Gasteiger partial charge in [0.1, 0.15) is 0 Å². The lowest BCUT2D eigenvalue weighted by Crippen LogP contribution is -2.24. The zero-order chi connectivity index (χ0) is 14.4. The van der Waals surface area contributed by atoms with Gasteiger partial charge < -0.3 is 15.2 Å². The summed E-state index contributed by atoms with van der Waals surface area (Å²) in [5.41, 5.74) is 1.59. The van der Waals surface area contributed by atoms with Crippen molar-refractivity contribution in [2.75, 3.05) is 12.4 Å². The standard InChI is InChI=1S/C14H20BrNO3/c1-9(2)13(17)7-14(18)16-12-6-4-5-11(15)10(12)8-19-3/h4-6,9,13,17H,7-8H2,1-3H3,(H,16,18). The van der Waals surface area contributed by atoms with Gasteiger partial charge in [0.05, 0.1) is 19.1 Å². The second-order valence-electron chi connectivity index (χ2n) is 4.76. The summed E-state index contributed by atoms with van der Waals surface area (Å²) in [5.74, 6) is -0.136. The highest BCUT2D eigenvalue weighted by Crippen LogP contribution is 2.25. The van der Waals surface area contributed by atoms with Crippen LogP contribution in [0, 0.1) is 5.92 Å². The molecule has 0 aromatic heterocycles. The molecule has 0 spiro atoms. The number of amides is 1. The monoisotopic (exact) mass is 329 g/mol. The molecule has 1 unspecified atom stereocenters. The molecule has 1 rings (SSSR count). The number of rotatable bonds is 6. The molecule has 1 aromatic rings. The summed E-state index contributed by atoms with van der Waals surface area (Å²) in [6, 6.07) is 5.56. The third kappa shape index (κ3) is 4.93. The lowest BCUT2D eigenvalue weighted by molar-refractivity contribution is -0.118. The number of hydrogen-bond donors (Lipinski definition) is 2. The number of carbonyl (C=O) groups is 1. The van der Waals surface area contributed by atoms with Gasteiger partial charge >= 0.3 is 0 Å². The molecular weight excluding hydrogens is 310 g/mol. The fraction of sp³-hybridized carbons (Fsp3) is 0.500. The molecule has 5 heteroatoms. The Morgan fingerprint density at radius 3 is 2.74 bits per heavy atom. The highest BCUT2D eigenvalue weighted by atomic mass is 79.9. The van der Waals surface area contributed by atoms with Crippen molar-refractivity contribution in [3.63, 3.8) is 0 Å². The van der Waals surface area contributed by atoms with E-state index in [9.17, 15) is 9.90 Å². The third-order valence-electron chi connectivity index (χ3n) is 2.85. The van der Waals surface area contributed by atoms with E-state index < -0.39 is 6.10 Å². The van der Waals surface area contributed by atoms with Gasteiger partial charge in [-0.15, -0.1) is 0 Å². The lowest BCUT2D eigenvalue weighted by atomic mass is 10.0. The molecule has 0 saturated heterocycles. The van der Waals surface area contributed by atoms with Crippen molar-refractivity contribution in [2.24, 2.45) is 5.92 Å². The summed E-state index contributed by atoms with van der Waals surface area (Å²) >= 11 is 3.43. The molecule has 0 aliphatic heterocycles. The molecular formula is C14H20BrNO3. The minimum atomic E-state index is -0.627. The number of benzene rings is 1. The van der Waals surface area contributed by atoms with Gasteiger partial charge in [-0.1, -0.05) is 35.8 Å². The SMILES string of the molecule is COCc1c(Br)cccc1NC(=O)CC(O)C(C)C. The molecule has 1 amide bonds. The van der Waals surface area contributed by atoms with Crippen LogP contribution < -0.4 is 5.32 Å². The van der Waals surface area contributed by atoms with Crippen LogP contribution in [-0.2, 0) is 16.1 Å². The Morgan fingerprint density at radius 1 is 1.47 bits per heavy atom. The summed E-state index contributed by atoms with van der Waals surface area (Å²) in [4.78, 5) is 11.9. The van der Waals surface area contributed by atoms with E-state index in [1.807, 2.05) is 32.0 Å². The van der Waals surface area contributed by atoms with Crippen LogP contribution in [0.3, 0.4) is 0 Å². The largest absolute Gasteiger partial charge is 0.392 e. The normalized spacial score (nSPS) is 12.5. The van der Waals surface area contributed by atoms with Gasteiger partial charge in [0.2, 0.25) is 5.91 Å². The highest BCUT2D eigenvalue weighted by molar-refractivity contribution is 9.10. The van der Waals surface area contributed by atoms with Gasteiger partial charge in [-0.05, 0) is 18.1 Å². The molecule has 0 bridgehead atoms. The van der Waals surface area contributed by atoms with E-state index in [1.165, 1.54) is 0 Å². The fourth-order valence-corrected chi connectivity index (χ4v) is 2.07. The Balaban J connectivity index is 2.76. The average Bonchev–Trinajstić information content (AvgIpc) is 2.33. The van der Waals surface area contributed by atoms with Crippen LogP contribution in [0.25, 0.3) is 0 Å². The van der Waals surface area contributed by atoms with E-state index >= 15 is 0 Å². The third-order valence-corrected chi connectivity index (χ3v) is 3.59. The second-order valence-corrected chi connectivity index (χ2v) is 5.62. The maximum Gasteiger partial charge on any atom is 0.226 e. The number of hydrogen-bond acceptors (Lipinski definition) is 3. The first-order valence-electron chi connectivity index (χ1n) is 6.20. The van der Waals surface area contributed by atoms with Gasteiger partial charge in [0, 0.05) is 22.8 Å². The first-order chi connectivity index (χ1) is 8.95. The molecule has 0 radical (unpaired) electrons. The Bertz CT molecular complexity index is 435. The Kier molecular flexibility index (Phi) is 6.48. The molecule has 19 heavy (non-hydrogen) atoms. The van der Waals surface area contributed by atoms with Crippen molar-refractivity contribution in [3.05, 3.63) is 28.2 Å². The van der Waals surface area contributed by atoms with Crippen LogP contribution in [-0.4, -0.2) is 24.2 Å². The maximum atomic E-state index is 11.9. The first-order valence-corrected chi connectivity index (χ1v) is 6.99. The van der Waals surface area contributed by atoms with E-state index in [0.29, 0.717) is 12.3 Å². The summed E-state index contributed by atoms with van der Waals surface area (Å²) < 4.78 is 6.01. The van der Waals surface area contributed by atoms with Crippen molar-refractivity contribution in [1.29, 1.82) is 0 Å². The molecule has 0 heterocycles. The Labute approximate surface area is 122 Å². The van der Waals surface area contributed by atoms with E-state index in [0.717, 1.165) is 10.0 Å². The first kappa shape index (κ1) is 16.1. The molecule has 0 fully saturated rings. The molecule has 4 nitrogen and oxygen atoms in total. The zero-order valence-corrected chi connectivity index (χ0v) is 13.0. The number of nitrogens with one attached hydrogen (secondary N) is 1. The van der Waals surface area contributed by atoms with Gasteiger partial charge in [0.25, 0.3) is 0 Å². The van der Waals surface area contributed by atoms with E-state index in [-0.39, 0.29) is 18.2 Å². The molecule has 0 aliphatic rings. The van der Waals surface area contributed by atoms with Crippen LogP contribution in [0.1, 0.15) is 25.8 Å². The predicted octanol–water partition coefficient (Wildman–Crippen LogP) is 2.94. The van der Waals surface area contributed by atoms with Gasteiger partial charge in [0.15, 0.2) is 0 Å². The number of halogens is 1. The van der Waals surface area contributed by atoms with Crippen molar-refractivity contribution in [1.82, 2.24) is 0 Å². The molecule has 0 aliphatic carbocycles. The van der Waals surface area contributed by atoms with Crippen molar-refractivity contribution in [2.45, 2.75) is 33.0 Å². The lowest BCUT2D eigenvalue weighted by Gasteiger charge is -2.16. The van der Waals surface area contributed by atoms with Crippen molar-refractivity contribution < 1.29 is 14.6 Å². The van der Waals surface area contributed by atoms with Gasteiger partial charge in [-0.2, -0.15) is 0 Å². The molecule has 0 saturated carbocycles. The van der Waals surface area contributed by atoms with Crippen molar-refractivity contribution in [3.8, 4) is 0 Å². The van der Waals surface area contributed by atoms with Crippen LogP contribution >= 0.6 is 15.9 Å². The smallest absolute Gasteiger partial charge is 0.226 e. The highest BCUT2D eigenvalue weighted by Gasteiger charge is 2.16.